The first-order valence-corrected chi connectivity index (χ1v) is 5.60. The second-order valence-corrected chi connectivity index (χ2v) is 3.78. The van der Waals surface area contributed by atoms with Crippen LogP contribution in [0, 0.1) is 0 Å². The summed E-state index contributed by atoms with van der Waals surface area (Å²) in [6.07, 6.45) is 4.61. The number of carbonyl (C=O) groups is 2. The molecule has 0 spiro atoms. The standard InChI is InChI=1S/C12H17NO4/c1-2-9-17-12(16)13-7-4-3-5-10(6-8-13)11(14)15/h2,5H,1,3-4,6-9H2,(H,14,15)/b10-5+. The van der Waals surface area contributed by atoms with Crippen LogP contribution in [0.25, 0.3) is 0 Å². The number of carboxylic acid groups (broad SMARTS) is 1. The van der Waals surface area contributed by atoms with Crippen LogP contribution in [0.5, 0.6) is 0 Å². The van der Waals surface area contributed by atoms with Crippen molar-refractivity contribution < 1.29 is 19.4 Å². The van der Waals surface area contributed by atoms with Gasteiger partial charge in [-0.25, -0.2) is 9.59 Å². The molecule has 1 N–H and O–H groups in total. The number of hydrogen-bond donors (Lipinski definition) is 1. The Bertz CT molecular complexity index is 335. The van der Waals surface area contributed by atoms with Crippen LogP contribution in [0.3, 0.4) is 0 Å². The van der Waals surface area contributed by atoms with Gasteiger partial charge in [-0.2, -0.15) is 0 Å². The van der Waals surface area contributed by atoms with E-state index >= 15 is 0 Å². The summed E-state index contributed by atoms with van der Waals surface area (Å²) in [5.41, 5.74) is 0.367. The zero-order valence-corrected chi connectivity index (χ0v) is 9.72. The highest BCUT2D eigenvalue weighted by atomic mass is 16.6. The van der Waals surface area contributed by atoms with Crippen molar-refractivity contribution in [3.05, 3.63) is 24.3 Å². The van der Waals surface area contributed by atoms with Crippen LogP contribution in [-0.2, 0) is 9.53 Å². The summed E-state index contributed by atoms with van der Waals surface area (Å²) >= 11 is 0. The van der Waals surface area contributed by atoms with Gasteiger partial charge in [-0.15, -0.1) is 0 Å². The van der Waals surface area contributed by atoms with Crippen molar-refractivity contribution in [3.63, 3.8) is 0 Å². The molecule has 1 aliphatic rings. The Labute approximate surface area is 100 Å². The molecule has 5 nitrogen and oxygen atoms in total. The second kappa shape index (κ2) is 6.73. The van der Waals surface area contributed by atoms with Gasteiger partial charge in [0.1, 0.15) is 6.61 Å². The van der Waals surface area contributed by atoms with Crippen LogP contribution in [0.4, 0.5) is 4.79 Å². The lowest BCUT2D eigenvalue weighted by Gasteiger charge is -2.23. The van der Waals surface area contributed by atoms with E-state index in [2.05, 4.69) is 6.58 Å². The van der Waals surface area contributed by atoms with Gasteiger partial charge in [0.25, 0.3) is 0 Å². The molecule has 1 amide bonds. The van der Waals surface area contributed by atoms with Gasteiger partial charge in [0.2, 0.25) is 0 Å². The van der Waals surface area contributed by atoms with Crippen molar-refractivity contribution in [1.82, 2.24) is 4.90 Å². The van der Waals surface area contributed by atoms with Gasteiger partial charge in [0.15, 0.2) is 0 Å². The molecule has 0 aromatic carbocycles. The fourth-order valence-corrected chi connectivity index (χ4v) is 1.63. The molecule has 1 rings (SSSR count). The highest BCUT2D eigenvalue weighted by Crippen LogP contribution is 2.12. The molecule has 0 saturated heterocycles. The van der Waals surface area contributed by atoms with Crippen LogP contribution >= 0.6 is 0 Å². The molecule has 0 aromatic heterocycles. The summed E-state index contributed by atoms with van der Waals surface area (Å²) in [7, 11) is 0. The van der Waals surface area contributed by atoms with Gasteiger partial charge in [-0.05, 0) is 19.3 Å². The summed E-state index contributed by atoms with van der Waals surface area (Å²) in [6.45, 7) is 4.62. The predicted octanol–water partition coefficient (Wildman–Crippen LogP) is 1.81. The quantitative estimate of drug-likeness (QED) is 0.763. The number of allylic oxidation sites excluding steroid dienone is 1. The summed E-state index contributed by atoms with van der Waals surface area (Å²) in [5.74, 6) is -0.911. The molecule has 1 heterocycles. The topological polar surface area (TPSA) is 66.8 Å². The minimum atomic E-state index is -0.911. The number of carboxylic acids is 1. The molecule has 5 heteroatoms. The van der Waals surface area contributed by atoms with E-state index in [4.69, 9.17) is 9.84 Å². The molecule has 0 radical (unpaired) electrons. The molecule has 0 aromatic rings. The Hall–Kier alpha value is -1.78. The smallest absolute Gasteiger partial charge is 0.410 e. The number of carbonyl (C=O) groups excluding carboxylic acids is 1. The molecule has 1 aliphatic heterocycles. The average Bonchev–Trinajstić information content (AvgIpc) is 2.25. The zero-order chi connectivity index (χ0) is 12.7. The Balaban J connectivity index is 2.54. The molecule has 94 valence electrons. The third-order valence-corrected chi connectivity index (χ3v) is 2.53. The van der Waals surface area contributed by atoms with E-state index in [0.717, 1.165) is 6.42 Å². The molecular formula is C12H17NO4. The van der Waals surface area contributed by atoms with E-state index in [1.54, 1.807) is 11.0 Å². The molecule has 0 atom stereocenters. The first kappa shape index (κ1) is 13.3. The summed E-state index contributed by atoms with van der Waals surface area (Å²) < 4.78 is 4.92. The second-order valence-electron chi connectivity index (χ2n) is 3.78. The largest absolute Gasteiger partial charge is 0.478 e. The lowest BCUT2D eigenvalue weighted by molar-refractivity contribution is -0.132. The normalized spacial score (nSPS) is 19.5. The van der Waals surface area contributed by atoms with Gasteiger partial charge in [0, 0.05) is 18.7 Å². The number of ether oxygens (including phenoxy) is 1. The SMILES string of the molecule is C=CCOC(=O)N1CCC/C=C(/C(=O)O)CC1. The molecule has 0 aliphatic carbocycles. The van der Waals surface area contributed by atoms with E-state index in [1.165, 1.54) is 6.08 Å². The van der Waals surface area contributed by atoms with Gasteiger partial charge >= 0.3 is 12.1 Å². The van der Waals surface area contributed by atoms with Gasteiger partial charge in [-0.3, -0.25) is 0 Å². The maximum atomic E-state index is 11.6. The first-order chi connectivity index (χ1) is 8.15. The van der Waals surface area contributed by atoms with E-state index in [-0.39, 0.29) is 6.61 Å². The third-order valence-electron chi connectivity index (χ3n) is 2.53. The van der Waals surface area contributed by atoms with Crippen LogP contribution in [0.15, 0.2) is 24.3 Å². The fourth-order valence-electron chi connectivity index (χ4n) is 1.63. The van der Waals surface area contributed by atoms with Gasteiger partial charge in [-0.1, -0.05) is 18.7 Å². The lowest BCUT2D eigenvalue weighted by Crippen LogP contribution is -2.34. The van der Waals surface area contributed by atoms with Crippen LogP contribution < -0.4 is 0 Å². The van der Waals surface area contributed by atoms with Crippen molar-refractivity contribution in [2.75, 3.05) is 19.7 Å². The van der Waals surface area contributed by atoms with Crippen molar-refractivity contribution in [2.45, 2.75) is 19.3 Å². The average molecular weight is 239 g/mol. The number of nitrogens with zero attached hydrogens (tertiary/aromatic N) is 1. The lowest BCUT2D eigenvalue weighted by atomic mass is 10.1. The summed E-state index contributed by atoms with van der Waals surface area (Å²) in [4.78, 5) is 24.0. The number of rotatable bonds is 3. The Morgan fingerprint density at radius 3 is 2.94 bits per heavy atom. The van der Waals surface area contributed by atoms with Gasteiger partial charge in [0.05, 0.1) is 0 Å². The van der Waals surface area contributed by atoms with E-state index in [0.29, 0.717) is 31.5 Å². The van der Waals surface area contributed by atoms with Crippen molar-refractivity contribution in [3.8, 4) is 0 Å². The van der Waals surface area contributed by atoms with Gasteiger partial charge < -0.3 is 14.7 Å². The maximum absolute atomic E-state index is 11.6. The van der Waals surface area contributed by atoms with E-state index < -0.39 is 12.1 Å². The molecular weight excluding hydrogens is 222 g/mol. The molecule has 0 saturated carbocycles. The monoisotopic (exact) mass is 239 g/mol. The minimum Gasteiger partial charge on any atom is -0.478 e. The highest BCUT2D eigenvalue weighted by Gasteiger charge is 2.18. The predicted molar refractivity (Wildman–Crippen MR) is 62.7 cm³/mol. The number of amides is 1. The highest BCUT2D eigenvalue weighted by molar-refractivity contribution is 5.86. The Morgan fingerprint density at radius 2 is 2.29 bits per heavy atom. The summed E-state index contributed by atoms with van der Waals surface area (Å²) in [5, 5.41) is 8.91. The fraction of sp³-hybridized carbons (Fsp3) is 0.500. The molecule has 17 heavy (non-hydrogen) atoms. The first-order valence-electron chi connectivity index (χ1n) is 5.60. The third kappa shape index (κ3) is 4.30. The van der Waals surface area contributed by atoms with E-state index in [9.17, 15) is 9.59 Å². The van der Waals surface area contributed by atoms with Crippen molar-refractivity contribution in [1.29, 1.82) is 0 Å². The Morgan fingerprint density at radius 1 is 1.53 bits per heavy atom. The molecule has 0 bridgehead atoms. The Kier molecular flexibility index (Phi) is 5.26. The molecule has 0 unspecified atom stereocenters. The van der Waals surface area contributed by atoms with Crippen LogP contribution in [0.2, 0.25) is 0 Å². The number of aliphatic carboxylic acids is 1. The number of hydrogen-bond acceptors (Lipinski definition) is 3. The summed E-state index contributed by atoms with van der Waals surface area (Å²) in [6, 6.07) is 0. The van der Waals surface area contributed by atoms with E-state index in [1.807, 2.05) is 0 Å². The van der Waals surface area contributed by atoms with Crippen molar-refractivity contribution in [2.24, 2.45) is 0 Å². The van der Waals surface area contributed by atoms with Crippen molar-refractivity contribution >= 4 is 12.1 Å². The van der Waals surface area contributed by atoms with Crippen LogP contribution in [0.1, 0.15) is 19.3 Å². The minimum absolute atomic E-state index is 0.178. The zero-order valence-electron chi connectivity index (χ0n) is 9.72. The maximum Gasteiger partial charge on any atom is 0.410 e. The van der Waals surface area contributed by atoms with Crippen LogP contribution in [-0.4, -0.2) is 41.8 Å². The molecule has 0 fully saturated rings.